The largest absolute Gasteiger partial charge is 0.484 e. The highest BCUT2D eigenvalue weighted by Crippen LogP contribution is 2.28. The molecular weight excluding hydrogens is 428 g/mol. The molecule has 0 saturated heterocycles. The van der Waals surface area contributed by atoms with E-state index in [4.69, 9.17) is 9.94 Å². The number of carboxylic acid groups (broad SMARTS) is 1. The molecule has 2 rings (SSSR count). The van der Waals surface area contributed by atoms with Gasteiger partial charge in [-0.25, -0.2) is 18.7 Å². The predicted octanol–water partition coefficient (Wildman–Crippen LogP) is 0.856. The van der Waals surface area contributed by atoms with Crippen LogP contribution < -0.4 is 15.5 Å². The molecule has 11 heteroatoms. The van der Waals surface area contributed by atoms with E-state index in [0.717, 1.165) is 6.26 Å². The van der Waals surface area contributed by atoms with E-state index in [1.54, 1.807) is 30.3 Å². The molecule has 0 bridgehead atoms. The molecule has 0 heterocycles. The van der Waals surface area contributed by atoms with Crippen LogP contribution in [0.15, 0.2) is 48.5 Å². The van der Waals surface area contributed by atoms with Crippen LogP contribution in [0.25, 0.3) is 11.1 Å². The highest BCUT2D eigenvalue weighted by Gasteiger charge is 2.24. The number of carbonyl (C=O) groups is 3. The van der Waals surface area contributed by atoms with Gasteiger partial charge in [0.2, 0.25) is 0 Å². The molecule has 0 aromatic heterocycles. The van der Waals surface area contributed by atoms with E-state index in [2.05, 4.69) is 5.32 Å². The lowest BCUT2D eigenvalue weighted by Gasteiger charge is -2.17. The second kappa shape index (κ2) is 10.5. The van der Waals surface area contributed by atoms with Gasteiger partial charge in [0, 0.05) is 11.8 Å². The molecule has 2 amide bonds. The van der Waals surface area contributed by atoms with E-state index in [1.807, 2.05) is 0 Å². The Bertz CT molecular complexity index is 1050. The van der Waals surface area contributed by atoms with Gasteiger partial charge in [0.15, 0.2) is 6.61 Å². The van der Waals surface area contributed by atoms with E-state index >= 15 is 0 Å². The van der Waals surface area contributed by atoms with Crippen LogP contribution in [0.1, 0.15) is 16.8 Å². The van der Waals surface area contributed by atoms with Crippen molar-refractivity contribution in [2.45, 2.75) is 12.5 Å². The summed E-state index contributed by atoms with van der Waals surface area (Å²) >= 11 is 0. The van der Waals surface area contributed by atoms with Crippen molar-refractivity contribution in [3.05, 3.63) is 54.1 Å². The third-order valence-corrected chi connectivity index (χ3v) is 5.17. The van der Waals surface area contributed by atoms with E-state index in [9.17, 15) is 27.9 Å². The molecular formula is C20H22N2O8S. The van der Waals surface area contributed by atoms with Gasteiger partial charge in [-0.15, -0.1) is 0 Å². The van der Waals surface area contributed by atoms with Crippen molar-refractivity contribution in [1.82, 2.24) is 10.8 Å². The number of benzene rings is 2. The summed E-state index contributed by atoms with van der Waals surface area (Å²) in [5, 5.41) is 20.3. The first-order chi connectivity index (χ1) is 14.6. The standard InChI is InChI=1S/C20H22N2O8S/c1-31(28,29)10-9-17(20(25)26)21-19(24)15-8-7-14(30-12-18(23)22-27)11-16(15)13-5-3-2-4-6-13/h2-8,11,17,27H,9-10,12H2,1H3,(H,21,24)(H,22,23)(H,25,26)/t17-/m0/s1. The third kappa shape index (κ3) is 7.39. The average molecular weight is 450 g/mol. The summed E-state index contributed by atoms with van der Waals surface area (Å²) in [6.45, 7) is -0.456. The molecule has 31 heavy (non-hydrogen) atoms. The van der Waals surface area contributed by atoms with Gasteiger partial charge in [-0.3, -0.25) is 14.8 Å². The summed E-state index contributed by atoms with van der Waals surface area (Å²) in [4.78, 5) is 35.5. The molecule has 2 aromatic rings. The number of rotatable bonds is 10. The molecule has 0 aliphatic heterocycles. The molecule has 4 N–H and O–H groups in total. The van der Waals surface area contributed by atoms with Gasteiger partial charge >= 0.3 is 5.97 Å². The first-order valence-corrected chi connectivity index (χ1v) is 11.1. The Balaban J connectivity index is 2.33. The first kappa shape index (κ1) is 23.8. The van der Waals surface area contributed by atoms with Crippen molar-refractivity contribution in [2.24, 2.45) is 0 Å². The molecule has 0 aliphatic carbocycles. The maximum Gasteiger partial charge on any atom is 0.326 e. The quantitative estimate of drug-likeness (QED) is 0.306. The summed E-state index contributed by atoms with van der Waals surface area (Å²) in [7, 11) is -3.41. The number of carbonyl (C=O) groups excluding carboxylic acids is 2. The van der Waals surface area contributed by atoms with Crippen molar-refractivity contribution in [3.8, 4) is 16.9 Å². The van der Waals surface area contributed by atoms with E-state index < -0.39 is 46.0 Å². The number of ether oxygens (including phenoxy) is 1. The molecule has 0 spiro atoms. The Hall–Kier alpha value is -3.44. The van der Waals surface area contributed by atoms with Crippen molar-refractivity contribution < 1.29 is 37.9 Å². The number of hydroxylamine groups is 1. The second-order valence-electron chi connectivity index (χ2n) is 6.68. The van der Waals surface area contributed by atoms with E-state index in [-0.39, 0.29) is 17.7 Å². The van der Waals surface area contributed by atoms with Gasteiger partial charge in [-0.05, 0) is 35.7 Å². The highest BCUT2D eigenvalue weighted by atomic mass is 32.2. The van der Waals surface area contributed by atoms with Gasteiger partial charge in [0.25, 0.3) is 11.8 Å². The Morgan fingerprint density at radius 2 is 1.77 bits per heavy atom. The summed E-state index contributed by atoms with van der Waals surface area (Å²) in [5.74, 6) is -2.98. The zero-order valence-electron chi connectivity index (χ0n) is 16.6. The minimum atomic E-state index is -3.41. The molecule has 0 saturated carbocycles. The molecule has 0 fully saturated rings. The number of amides is 2. The SMILES string of the molecule is CS(=O)(=O)CC[C@H](NC(=O)c1ccc(OCC(=O)NO)cc1-c1ccccc1)C(=O)O. The number of aliphatic carboxylic acids is 1. The van der Waals surface area contributed by atoms with Gasteiger partial charge in [-0.1, -0.05) is 30.3 Å². The van der Waals surface area contributed by atoms with Crippen LogP contribution >= 0.6 is 0 Å². The fourth-order valence-corrected chi connectivity index (χ4v) is 3.34. The van der Waals surface area contributed by atoms with Gasteiger partial charge < -0.3 is 15.2 Å². The Kier molecular flexibility index (Phi) is 8.11. The van der Waals surface area contributed by atoms with Gasteiger partial charge in [0.05, 0.1) is 5.75 Å². The van der Waals surface area contributed by atoms with Crippen LogP contribution in [0.3, 0.4) is 0 Å². The van der Waals surface area contributed by atoms with Crippen LogP contribution in [0.4, 0.5) is 0 Å². The maximum atomic E-state index is 12.8. The normalized spacial score (nSPS) is 11.9. The van der Waals surface area contributed by atoms with Crippen LogP contribution in [-0.4, -0.2) is 61.2 Å². The summed E-state index contributed by atoms with van der Waals surface area (Å²) in [6, 6.07) is 11.7. The highest BCUT2D eigenvalue weighted by molar-refractivity contribution is 7.90. The average Bonchev–Trinajstić information content (AvgIpc) is 2.74. The van der Waals surface area contributed by atoms with Crippen molar-refractivity contribution in [2.75, 3.05) is 18.6 Å². The smallest absolute Gasteiger partial charge is 0.326 e. The van der Waals surface area contributed by atoms with Crippen LogP contribution in [0, 0.1) is 0 Å². The molecule has 166 valence electrons. The minimum absolute atomic E-state index is 0.135. The number of carboxylic acids is 1. The zero-order valence-corrected chi connectivity index (χ0v) is 17.4. The fourth-order valence-electron chi connectivity index (χ4n) is 2.67. The first-order valence-electron chi connectivity index (χ1n) is 9.07. The van der Waals surface area contributed by atoms with Crippen molar-refractivity contribution in [1.29, 1.82) is 0 Å². The zero-order chi connectivity index (χ0) is 23.0. The topological polar surface area (TPSA) is 159 Å². The van der Waals surface area contributed by atoms with Crippen LogP contribution in [-0.2, 0) is 19.4 Å². The maximum absolute atomic E-state index is 12.8. The minimum Gasteiger partial charge on any atom is -0.484 e. The number of hydrogen-bond donors (Lipinski definition) is 4. The Morgan fingerprint density at radius 3 is 2.35 bits per heavy atom. The monoisotopic (exact) mass is 450 g/mol. The lowest BCUT2D eigenvalue weighted by molar-refractivity contribution is -0.139. The molecule has 2 aromatic carbocycles. The van der Waals surface area contributed by atoms with E-state index in [0.29, 0.717) is 11.1 Å². The summed E-state index contributed by atoms with van der Waals surface area (Å²) in [6.07, 6.45) is 0.703. The van der Waals surface area contributed by atoms with Crippen LogP contribution in [0.2, 0.25) is 0 Å². The number of hydrogen-bond acceptors (Lipinski definition) is 7. The predicted molar refractivity (Wildman–Crippen MR) is 111 cm³/mol. The summed E-state index contributed by atoms with van der Waals surface area (Å²) < 4.78 is 28.0. The number of nitrogens with one attached hydrogen (secondary N) is 2. The number of sulfone groups is 1. The second-order valence-corrected chi connectivity index (χ2v) is 8.94. The molecule has 10 nitrogen and oxygen atoms in total. The summed E-state index contributed by atoms with van der Waals surface area (Å²) in [5.41, 5.74) is 2.62. The van der Waals surface area contributed by atoms with Crippen molar-refractivity contribution in [3.63, 3.8) is 0 Å². The van der Waals surface area contributed by atoms with Crippen molar-refractivity contribution >= 4 is 27.6 Å². The van der Waals surface area contributed by atoms with Gasteiger partial charge in [-0.2, -0.15) is 0 Å². The van der Waals surface area contributed by atoms with Gasteiger partial charge in [0.1, 0.15) is 21.6 Å². The Morgan fingerprint density at radius 1 is 1.10 bits per heavy atom. The fraction of sp³-hybridized carbons (Fsp3) is 0.250. The van der Waals surface area contributed by atoms with E-state index in [1.165, 1.54) is 23.7 Å². The van der Waals surface area contributed by atoms with Crippen LogP contribution in [0.5, 0.6) is 5.75 Å². The Labute approximate surface area is 178 Å². The third-order valence-electron chi connectivity index (χ3n) is 4.20. The molecule has 0 radical (unpaired) electrons. The molecule has 1 atom stereocenters. The lowest BCUT2D eigenvalue weighted by atomic mass is 9.98. The molecule has 0 aliphatic rings. The lowest BCUT2D eigenvalue weighted by Crippen LogP contribution is -2.42. The molecule has 0 unspecified atom stereocenters.